The smallest absolute Gasteiger partial charge is 0.395 e. The third-order valence-electron chi connectivity index (χ3n) is 1.45. The Labute approximate surface area is 69.8 Å². The lowest BCUT2D eigenvalue weighted by atomic mass is 10.2. The lowest BCUT2D eigenvalue weighted by molar-refractivity contribution is -0.126. The summed E-state index contributed by atoms with van der Waals surface area (Å²) in [6.45, 7) is 0.583. The number of hydrogen-bond donors (Lipinski definition) is 2. The van der Waals surface area contributed by atoms with Crippen molar-refractivity contribution < 1.29 is 18.3 Å². The van der Waals surface area contributed by atoms with Crippen molar-refractivity contribution in [1.82, 2.24) is 5.32 Å². The second-order valence-electron chi connectivity index (χ2n) is 2.66. The lowest BCUT2D eigenvalue weighted by Crippen LogP contribution is -2.39. The van der Waals surface area contributed by atoms with E-state index in [1.807, 2.05) is 6.92 Å². The Kier molecular flexibility index (Phi) is 5.24. The number of nitrogens with one attached hydrogen (secondary N) is 1. The Hall–Kier alpha value is -0.290. The predicted octanol–water partition coefficient (Wildman–Crippen LogP) is 1.30. The van der Waals surface area contributed by atoms with Crippen LogP contribution in [0.4, 0.5) is 13.2 Å². The van der Waals surface area contributed by atoms with Gasteiger partial charge in [0.05, 0.1) is 13.2 Å². The highest BCUT2D eigenvalue weighted by Gasteiger charge is 2.27. The van der Waals surface area contributed by atoms with E-state index in [0.29, 0.717) is 6.42 Å². The van der Waals surface area contributed by atoms with Gasteiger partial charge in [-0.05, 0) is 6.42 Å². The highest BCUT2D eigenvalue weighted by molar-refractivity contribution is 4.66. The first-order chi connectivity index (χ1) is 5.49. The number of alkyl halides is 3. The first-order valence-electron chi connectivity index (χ1n) is 3.90. The van der Waals surface area contributed by atoms with E-state index < -0.39 is 18.8 Å². The van der Waals surface area contributed by atoms with Crippen molar-refractivity contribution in [3.05, 3.63) is 0 Å². The van der Waals surface area contributed by atoms with Gasteiger partial charge in [-0.3, -0.25) is 0 Å². The Morgan fingerprint density at radius 3 is 2.33 bits per heavy atom. The van der Waals surface area contributed by atoms with E-state index >= 15 is 0 Å². The molecule has 0 saturated carbocycles. The average molecular weight is 185 g/mol. The standard InChI is InChI=1S/C7H14F3NO/c1-2-3-6(4-12)11-5-7(8,9)10/h6,11-12H,2-5H2,1H3. The molecule has 0 aliphatic rings. The van der Waals surface area contributed by atoms with Crippen molar-refractivity contribution in [3.8, 4) is 0 Å². The van der Waals surface area contributed by atoms with E-state index in [2.05, 4.69) is 5.32 Å². The molecule has 12 heavy (non-hydrogen) atoms. The summed E-state index contributed by atoms with van der Waals surface area (Å²) in [5.41, 5.74) is 0. The van der Waals surface area contributed by atoms with E-state index in [1.54, 1.807) is 0 Å². The quantitative estimate of drug-likeness (QED) is 0.676. The number of aliphatic hydroxyl groups is 1. The van der Waals surface area contributed by atoms with Gasteiger partial charge in [0.25, 0.3) is 0 Å². The molecule has 0 rings (SSSR count). The highest BCUT2D eigenvalue weighted by atomic mass is 19.4. The fourth-order valence-electron chi connectivity index (χ4n) is 0.866. The van der Waals surface area contributed by atoms with Crippen LogP contribution in [0, 0.1) is 0 Å². The number of aliphatic hydroxyl groups excluding tert-OH is 1. The van der Waals surface area contributed by atoms with Gasteiger partial charge in [0.2, 0.25) is 0 Å². The van der Waals surface area contributed by atoms with Crippen LogP contribution in [0.1, 0.15) is 19.8 Å². The van der Waals surface area contributed by atoms with E-state index in [4.69, 9.17) is 5.11 Å². The van der Waals surface area contributed by atoms with E-state index in [0.717, 1.165) is 6.42 Å². The summed E-state index contributed by atoms with van der Waals surface area (Å²) in [7, 11) is 0. The van der Waals surface area contributed by atoms with Crippen molar-refractivity contribution in [2.45, 2.75) is 32.0 Å². The molecule has 5 heteroatoms. The van der Waals surface area contributed by atoms with Gasteiger partial charge in [0, 0.05) is 6.04 Å². The van der Waals surface area contributed by atoms with Gasteiger partial charge in [0.15, 0.2) is 0 Å². The maximum atomic E-state index is 11.6. The maximum absolute atomic E-state index is 11.6. The predicted molar refractivity (Wildman–Crippen MR) is 39.8 cm³/mol. The molecule has 1 atom stereocenters. The van der Waals surface area contributed by atoms with Gasteiger partial charge < -0.3 is 10.4 Å². The third-order valence-corrected chi connectivity index (χ3v) is 1.45. The summed E-state index contributed by atoms with van der Waals surface area (Å²) < 4.78 is 34.9. The molecule has 0 radical (unpaired) electrons. The minimum atomic E-state index is -4.19. The molecule has 0 bridgehead atoms. The zero-order valence-electron chi connectivity index (χ0n) is 6.99. The molecule has 0 aliphatic carbocycles. The number of halogens is 3. The first kappa shape index (κ1) is 11.7. The minimum Gasteiger partial charge on any atom is -0.395 e. The summed E-state index contributed by atoms with van der Waals surface area (Å²) in [5, 5.41) is 10.9. The van der Waals surface area contributed by atoms with Gasteiger partial charge in [-0.25, -0.2) is 0 Å². The van der Waals surface area contributed by atoms with Crippen LogP contribution in [0.2, 0.25) is 0 Å². The van der Waals surface area contributed by atoms with E-state index in [9.17, 15) is 13.2 Å². The molecule has 74 valence electrons. The van der Waals surface area contributed by atoms with Crippen molar-refractivity contribution in [2.75, 3.05) is 13.2 Å². The molecule has 0 heterocycles. The van der Waals surface area contributed by atoms with Crippen LogP contribution < -0.4 is 5.32 Å². The van der Waals surface area contributed by atoms with Gasteiger partial charge in [-0.2, -0.15) is 13.2 Å². The fourth-order valence-corrected chi connectivity index (χ4v) is 0.866. The van der Waals surface area contributed by atoms with Crippen LogP contribution in [-0.2, 0) is 0 Å². The summed E-state index contributed by atoms with van der Waals surface area (Å²) in [6.07, 6.45) is -2.87. The van der Waals surface area contributed by atoms with Crippen molar-refractivity contribution in [1.29, 1.82) is 0 Å². The van der Waals surface area contributed by atoms with Gasteiger partial charge in [-0.15, -0.1) is 0 Å². The Morgan fingerprint density at radius 1 is 1.42 bits per heavy atom. The summed E-state index contributed by atoms with van der Waals surface area (Å²) in [4.78, 5) is 0. The monoisotopic (exact) mass is 185 g/mol. The molecule has 0 aromatic heterocycles. The zero-order chi connectivity index (χ0) is 9.61. The maximum Gasteiger partial charge on any atom is 0.401 e. The molecule has 1 unspecified atom stereocenters. The molecule has 0 spiro atoms. The SMILES string of the molecule is CCCC(CO)NCC(F)(F)F. The normalized spacial score (nSPS) is 14.8. The van der Waals surface area contributed by atoms with E-state index in [1.165, 1.54) is 0 Å². The average Bonchev–Trinajstić information content (AvgIpc) is 1.96. The molecule has 0 saturated heterocycles. The summed E-state index contributed by atoms with van der Waals surface area (Å²) in [5.74, 6) is 0. The van der Waals surface area contributed by atoms with Crippen LogP contribution in [-0.4, -0.2) is 30.5 Å². The molecular formula is C7H14F3NO. The molecule has 0 aromatic rings. The van der Waals surface area contributed by atoms with Crippen LogP contribution in [0.5, 0.6) is 0 Å². The van der Waals surface area contributed by atoms with Crippen LogP contribution in [0.3, 0.4) is 0 Å². The van der Waals surface area contributed by atoms with Gasteiger partial charge in [0.1, 0.15) is 0 Å². The fraction of sp³-hybridized carbons (Fsp3) is 1.00. The van der Waals surface area contributed by atoms with Crippen LogP contribution in [0.15, 0.2) is 0 Å². The zero-order valence-corrected chi connectivity index (χ0v) is 6.99. The molecule has 2 nitrogen and oxygen atoms in total. The topological polar surface area (TPSA) is 32.3 Å². The largest absolute Gasteiger partial charge is 0.401 e. The van der Waals surface area contributed by atoms with Crippen LogP contribution in [0.25, 0.3) is 0 Å². The van der Waals surface area contributed by atoms with Gasteiger partial charge >= 0.3 is 6.18 Å². The molecule has 0 aromatic carbocycles. The Bertz CT molecular complexity index is 116. The molecular weight excluding hydrogens is 171 g/mol. The summed E-state index contributed by atoms with van der Waals surface area (Å²) >= 11 is 0. The second kappa shape index (κ2) is 5.37. The Balaban J connectivity index is 3.58. The minimum absolute atomic E-state index is 0.246. The van der Waals surface area contributed by atoms with Crippen molar-refractivity contribution >= 4 is 0 Å². The first-order valence-corrected chi connectivity index (χ1v) is 3.90. The molecule has 0 aliphatic heterocycles. The number of hydrogen-bond acceptors (Lipinski definition) is 2. The molecule has 0 amide bonds. The second-order valence-corrected chi connectivity index (χ2v) is 2.66. The van der Waals surface area contributed by atoms with Gasteiger partial charge in [-0.1, -0.05) is 13.3 Å². The third kappa shape index (κ3) is 6.42. The molecule has 2 N–H and O–H groups in total. The summed E-state index contributed by atoms with van der Waals surface area (Å²) in [6, 6.07) is -0.434. The Morgan fingerprint density at radius 2 is 2.00 bits per heavy atom. The highest BCUT2D eigenvalue weighted by Crippen LogP contribution is 2.12. The number of rotatable bonds is 5. The van der Waals surface area contributed by atoms with Crippen molar-refractivity contribution in [3.63, 3.8) is 0 Å². The van der Waals surface area contributed by atoms with E-state index in [-0.39, 0.29) is 6.61 Å². The lowest BCUT2D eigenvalue weighted by Gasteiger charge is -2.16. The van der Waals surface area contributed by atoms with Crippen LogP contribution >= 0.6 is 0 Å². The molecule has 0 fully saturated rings. The van der Waals surface area contributed by atoms with Crippen molar-refractivity contribution in [2.24, 2.45) is 0 Å².